The van der Waals surface area contributed by atoms with Crippen LogP contribution < -0.4 is 11.3 Å². The third-order valence-electron chi connectivity index (χ3n) is 5.28. The van der Waals surface area contributed by atoms with Crippen molar-refractivity contribution < 1.29 is 65.0 Å². The number of aliphatic hydroxyl groups excluding tert-OH is 1. The molecule has 2 fully saturated rings. The summed E-state index contributed by atoms with van der Waals surface area (Å²) in [6, 6.07) is 0. The number of nitrogens with two attached hydrogens (primary N) is 1. The standard InChI is InChI=1S/C12H16F2N5O13P3/c13-12(14)2-11(12)4(1-29-34(25,26)32-35(27,28)31-33(22,23)24)30-9(6(11)20)19-3-16-5-7(19)17-10(15)18-8(5)21/h3-4,6,9,20H,1-2H2,(H,25,26)(H,27,28)(H2,22,23,24)(H3,15,17,18,21)/t4-,6+,9-,11?/m1/s1. The van der Waals surface area contributed by atoms with E-state index < -0.39 is 71.8 Å². The number of nitrogens with zero attached hydrogens (tertiary/aromatic N) is 3. The molecular weight excluding hydrogens is 553 g/mol. The fourth-order valence-electron chi connectivity index (χ4n) is 3.80. The molecule has 18 nitrogen and oxygen atoms in total. The Morgan fingerprint density at radius 2 is 1.86 bits per heavy atom. The van der Waals surface area contributed by atoms with Crippen LogP contribution in [0.25, 0.3) is 11.2 Å². The van der Waals surface area contributed by atoms with Crippen LogP contribution in [0.2, 0.25) is 0 Å². The number of ether oxygens (including phenoxy) is 1. The molecule has 23 heteroatoms. The third-order valence-corrected chi connectivity index (χ3v) is 9.08. The van der Waals surface area contributed by atoms with E-state index in [4.69, 9.17) is 20.3 Å². The van der Waals surface area contributed by atoms with Crippen molar-refractivity contribution in [3.05, 3.63) is 16.7 Å². The molecule has 6 atom stereocenters. The van der Waals surface area contributed by atoms with E-state index in [1.54, 1.807) is 0 Å². The Morgan fingerprint density at radius 1 is 1.23 bits per heavy atom. The maximum absolute atomic E-state index is 14.4. The van der Waals surface area contributed by atoms with Crippen LogP contribution in [-0.4, -0.2) is 68.9 Å². The highest BCUT2D eigenvalue weighted by Crippen LogP contribution is 2.71. The second-order valence-corrected chi connectivity index (χ2v) is 12.0. The molecular formula is C12H16F2N5O13P3. The van der Waals surface area contributed by atoms with Crippen molar-refractivity contribution >= 4 is 40.6 Å². The van der Waals surface area contributed by atoms with Gasteiger partial charge in [0.25, 0.3) is 11.5 Å². The van der Waals surface area contributed by atoms with Gasteiger partial charge >= 0.3 is 23.5 Å². The molecule has 35 heavy (non-hydrogen) atoms. The summed E-state index contributed by atoms with van der Waals surface area (Å²) in [6.45, 7) is -1.23. The summed E-state index contributed by atoms with van der Waals surface area (Å²) in [5.74, 6) is -3.90. The molecule has 0 aromatic carbocycles. The normalized spacial score (nSPS) is 31.5. The van der Waals surface area contributed by atoms with E-state index in [0.717, 1.165) is 10.9 Å². The predicted molar refractivity (Wildman–Crippen MR) is 104 cm³/mol. The number of phosphoric ester groups is 1. The molecule has 2 aromatic rings. The van der Waals surface area contributed by atoms with Gasteiger partial charge in [-0.25, -0.2) is 27.5 Å². The first kappa shape index (κ1) is 26.4. The van der Waals surface area contributed by atoms with Crippen molar-refractivity contribution in [1.29, 1.82) is 0 Å². The zero-order valence-corrected chi connectivity index (χ0v) is 19.4. The lowest BCUT2D eigenvalue weighted by Gasteiger charge is -2.21. The summed E-state index contributed by atoms with van der Waals surface area (Å²) in [7, 11) is -17.1. The van der Waals surface area contributed by atoms with E-state index in [2.05, 4.69) is 28.1 Å². The number of hydrogen-bond acceptors (Lipinski definition) is 12. The molecule has 1 aliphatic carbocycles. The Kier molecular flexibility index (Phi) is 6.17. The van der Waals surface area contributed by atoms with Crippen molar-refractivity contribution in [2.75, 3.05) is 12.3 Å². The lowest BCUT2D eigenvalue weighted by molar-refractivity contribution is -0.0517. The molecule has 2 aromatic heterocycles. The van der Waals surface area contributed by atoms with E-state index in [9.17, 15) is 42.2 Å². The van der Waals surface area contributed by atoms with Gasteiger partial charge in [-0.1, -0.05) is 0 Å². The smallest absolute Gasteiger partial charge is 0.387 e. The molecule has 0 radical (unpaired) electrons. The molecule has 1 aliphatic heterocycles. The quantitative estimate of drug-likeness (QED) is 0.194. The molecule has 0 amide bonds. The zero-order valence-electron chi connectivity index (χ0n) is 16.7. The highest BCUT2D eigenvalue weighted by Gasteiger charge is 2.82. The molecule has 4 rings (SSSR count). The zero-order chi connectivity index (χ0) is 26.2. The molecule has 1 spiro atoms. The molecule has 3 unspecified atom stereocenters. The minimum absolute atomic E-state index is 0.233. The Labute approximate surface area is 191 Å². The molecule has 3 heterocycles. The highest BCUT2D eigenvalue weighted by atomic mass is 31.3. The Bertz CT molecular complexity index is 1380. The number of halogens is 2. The van der Waals surface area contributed by atoms with Crippen LogP contribution in [0.4, 0.5) is 14.7 Å². The van der Waals surface area contributed by atoms with Gasteiger partial charge < -0.3 is 35.2 Å². The number of aromatic nitrogens is 4. The monoisotopic (exact) mass is 569 g/mol. The Morgan fingerprint density at radius 3 is 2.43 bits per heavy atom. The van der Waals surface area contributed by atoms with Crippen LogP contribution in [0.3, 0.4) is 0 Å². The van der Waals surface area contributed by atoms with Gasteiger partial charge in [0.15, 0.2) is 17.4 Å². The first-order chi connectivity index (χ1) is 15.9. The van der Waals surface area contributed by atoms with E-state index in [0.29, 0.717) is 0 Å². The highest BCUT2D eigenvalue weighted by molar-refractivity contribution is 7.66. The number of imidazole rings is 1. The summed E-state index contributed by atoms with van der Waals surface area (Å²) in [5.41, 5.74) is 1.86. The maximum atomic E-state index is 14.4. The Hall–Kier alpha value is -1.66. The van der Waals surface area contributed by atoms with Gasteiger partial charge in [-0.2, -0.15) is 13.6 Å². The first-order valence-corrected chi connectivity index (χ1v) is 13.6. The van der Waals surface area contributed by atoms with E-state index in [-0.39, 0.29) is 17.1 Å². The number of hydrogen-bond donors (Lipinski definition) is 7. The minimum Gasteiger partial charge on any atom is -0.387 e. The van der Waals surface area contributed by atoms with Gasteiger partial charge in [-0.15, -0.1) is 0 Å². The van der Waals surface area contributed by atoms with Crippen LogP contribution in [-0.2, 0) is 31.6 Å². The van der Waals surface area contributed by atoms with Gasteiger partial charge in [-0.05, 0) is 0 Å². The van der Waals surface area contributed by atoms with Crippen molar-refractivity contribution in [1.82, 2.24) is 19.5 Å². The lowest BCUT2D eigenvalue weighted by Crippen LogP contribution is -2.35. The molecule has 2 aliphatic rings. The van der Waals surface area contributed by atoms with Crippen molar-refractivity contribution in [3.8, 4) is 0 Å². The lowest BCUT2D eigenvalue weighted by atomic mass is 9.94. The van der Waals surface area contributed by atoms with E-state index >= 15 is 0 Å². The fourth-order valence-corrected chi connectivity index (χ4v) is 6.82. The molecule has 8 N–H and O–H groups in total. The van der Waals surface area contributed by atoms with E-state index in [1.165, 1.54) is 0 Å². The van der Waals surface area contributed by atoms with Crippen LogP contribution >= 0.6 is 23.5 Å². The second kappa shape index (κ2) is 8.17. The minimum atomic E-state index is -5.84. The number of aromatic amines is 1. The third kappa shape index (κ3) is 4.85. The number of nitrogens with one attached hydrogen (secondary N) is 1. The number of anilines is 1. The largest absolute Gasteiger partial charge is 0.490 e. The number of H-pyrrole nitrogens is 1. The van der Waals surface area contributed by atoms with Gasteiger partial charge in [0.05, 0.1) is 24.5 Å². The van der Waals surface area contributed by atoms with Crippen LogP contribution in [0.15, 0.2) is 11.1 Å². The second-order valence-electron chi connectivity index (χ2n) is 7.54. The number of phosphoric acid groups is 3. The average molecular weight is 569 g/mol. The molecule has 196 valence electrons. The molecule has 0 bridgehead atoms. The van der Waals surface area contributed by atoms with Crippen molar-refractivity contribution in [2.45, 2.75) is 30.8 Å². The predicted octanol–water partition coefficient (Wildman–Crippen LogP) is -0.671. The molecule has 1 saturated heterocycles. The van der Waals surface area contributed by atoms with Gasteiger partial charge in [0.1, 0.15) is 6.10 Å². The molecule has 1 saturated carbocycles. The van der Waals surface area contributed by atoms with E-state index in [1.807, 2.05) is 0 Å². The van der Waals surface area contributed by atoms with Crippen molar-refractivity contribution in [3.63, 3.8) is 0 Å². The number of fused-ring (bicyclic) bond motifs is 1. The summed E-state index contributed by atoms with van der Waals surface area (Å²) in [4.78, 5) is 57.6. The van der Waals surface area contributed by atoms with Crippen LogP contribution in [0.1, 0.15) is 12.6 Å². The summed E-state index contributed by atoms with van der Waals surface area (Å²) in [6.07, 6.45) is -5.48. The van der Waals surface area contributed by atoms with Gasteiger partial charge in [0.2, 0.25) is 5.95 Å². The topological polar surface area (TPSA) is 279 Å². The summed E-state index contributed by atoms with van der Waals surface area (Å²) >= 11 is 0. The summed E-state index contributed by atoms with van der Waals surface area (Å²) in [5, 5.41) is 10.7. The number of alkyl halides is 2. The Balaban J connectivity index is 1.58. The first-order valence-electron chi connectivity index (χ1n) is 9.09. The number of rotatable bonds is 8. The maximum Gasteiger partial charge on any atom is 0.490 e. The van der Waals surface area contributed by atoms with Crippen LogP contribution in [0, 0.1) is 5.41 Å². The summed E-state index contributed by atoms with van der Waals surface area (Å²) < 4.78 is 80.7. The van der Waals surface area contributed by atoms with Gasteiger partial charge in [-0.3, -0.25) is 18.9 Å². The SMILES string of the molecule is Nc1nc2c(ncn2[C@@H]2O[C@H](COP(=O)(O)OP(=O)(O)OP(=O)(O)O)C3(CC3(F)F)[C@H]2O)c(=O)[nH]1. The number of aliphatic hydroxyl groups is 1. The fraction of sp³-hybridized carbons (Fsp3) is 0.583. The van der Waals surface area contributed by atoms with Crippen molar-refractivity contribution in [2.24, 2.45) is 5.41 Å². The average Bonchev–Trinajstić information content (AvgIpc) is 2.92. The number of nitrogen functional groups attached to an aromatic ring is 1. The van der Waals surface area contributed by atoms with Crippen LogP contribution in [0.5, 0.6) is 0 Å². The van der Waals surface area contributed by atoms with Gasteiger partial charge in [0, 0.05) is 6.42 Å².